The third-order valence-corrected chi connectivity index (χ3v) is 6.42. The molecule has 1 aliphatic heterocycles. The Morgan fingerprint density at radius 3 is 2.68 bits per heavy atom. The van der Waals surface area contributed by atoms with Gasteiger partial charge in [0, 0.05) is 48.4 Å². The van der Waals surface area contributed by atoms with Gasteiger partial charge in [0.25, 0.3) is 11.8 Å². The predicted molar refractivity (Wildman–Crippen MR) is 139 cm³/mol. The second-order valence-electron chi connectivity index (χ2n) is 9.05. The molecule has 2 amide bonds. The summed E-state index contributed by atoms with van der Waals surface area (Å²) in [7, 11) is 1.41. The number of alkyl halides is 3. The summed E-state index contributed by atoms with van der Waals surface area (Å²) >= 11 is 0. The van der Waals surface area contributed by atoms with Crippen molar-refractivity contribution >= 4 is 29.0 Å². The first-order chi connectivity index (χ1) is 18.1. The van der Waals surface area contributed by atoms with Crippen LogP contribution < -0.4 is 20.3 Å². The number of amides is 2. The van der Waals surface area contributed by atoms with Crippen molar-refractivity contribution in [1.82, 2.24) is 10.3 Å². The number of fused-ring (bicyclic) bond motifs is 1. The van der Waals surface area contributed by atoms with Gasteiger partial charge in [0.15, 0.2) is 0 Å². The SMILES string of the molecule is CCC[C@H](CC)Oc1cc(N(C)C(=O)c2cccnc2Nc2cccc3c2CNC3=O)cc(C(F)(F)F)c1. The molecule has 38 heavy (non-hydrogen) atoms. The second-order valence-corrected chi connectivity index (χ2v) is 9.05. The number of benzene rings is 2. The fourth-order valence-electron chi connectivity index (χ4n) is 4.34. The molecule has 0 saturated heterocycles. The van der Waals surface area contributed by atoms with E-state index in [1.54, 1.807) is 30.3 Å². The minimum atomic E-state index is -4.62. The Kier molecular flexibility index (Phi) is 7.89. The highest BCUT2D eigenvalue weighted by Gasteiger charge is 2.33. The number of hydrogen-bond acceptors (Lipinski definition) is 5. The summed E-state index contributed by atoms with van der Waals surface area (Å²) in [5.41, 5.74) is 1.16. The molecule has 2 N–H and O–H groups in total. The molecular formula is C28H29F3N4O3. The van der Waals surface area contributed by atoms with Crippen molar-refractivity contribution < 1.29 is 27.5 Å². The molecule has 0 radical (unpaired) electrons. The van der Waals surface area contributed by atoms with Gasteiger partial charge in [-0.25, -0.2) is 4.98 Å². The van der Waals surface area contributed by atoms with Gasteiger partial charge in [0.2, 0.25) is 0 Å². The van der Waals surface area contributed by atoms with Crippen LogP contribution in [0.15, 0.2) is 54.7 Å². The van der Waals surface area contributed by atoms with Crippen molar-refractivity contribution in [3.8, 4) is 5.75 Å². The monoisotopic (exact) mass is 526 g/mol. The van der Waals surface area contributed by atoms with Crippen LogP contribution in [0.1, 0.15) is 65.0 Å². The molecule has 0 bridgehead atoms. The first-order valence-electron chi connectivity index (χ1n) is 12.4. The number of ether oxygens (including phenoxy) is 1. The van der Waals surface area contributed by atoms with Gasteiger partial charge < -0.3 is 20.3 Å². The van der Waals surface area contributed by atoms with Gasteiger partial charge in [-0.2, -0.15) is 13.2 Å². The Hall–Kier alpha value is -4.08. The molecule has 0 unspecified atom stereocenters. The van der Waals surface area contributed by atoms with Gasteiger partial charge in [0.05, 0.1) is 17.2 Å². The van der Waals surface area contributed by atoms with Crippen LogP contribution >= 0.6 is 0 Å². The summed E-state index contributed by atoms with van der Waals surface area (Å²) in [6.07, 6.45) is -1.19. The summed E-state index contributed by atoms with van der Waals surface area (Å²) in [5.74, 6) is -0.480. The molecule has 1 atom stereocenters. The normalized spacial score (nSPS) is 13.5. The van der Waals surface area contributed by atoms with E-state index < -0.39 is 17.6 Å². The number of pyridine rings is 1. The Morgan fingerprint density at radius 1 is 1.18 bits per heavy atom. The van der Waals surface area contributed by atoms with Gasteiger partial charge in [-0.05, 0) is 49.2 Å². The van der Waals surface area contributed by atoms with Crippen molar-refractivity contribution in [2.24, 2.45) is 0 Å². The summed E-state index contributed by atoms with van der Waals surface area (Å²) in [4.78, 5) is 31.0. The highest BCUT2D eigenvalue weighted by atomic mass is 19.4. The van der Waals surface area contributed by atoms with Gasteiger partial charge >= 0.3 is 6.18 Å². The lowest BCUT2D eigenvalue weighted by atomic mass is 10.1. The Morgan fingerprint density at radius 2 is 1.97 bits per heavy atom. The fourth-order valence-corrected chi connectivity index (χ4v) is 4.34. The van der Waals surface area contributed by atoms with Crippen LogP contribution in [0.3, 0.4) is 0 Å². The maximum absolute atomic E-state index is 13.7. The minimum absolute atomic E-state index is 0.0383. The average molecular weight is 527 g/mol. The van der Waals surface area contributed by atoms with Crippen molar-refractivity contribution in [3.63, 3.8) is 0 Å². The van der Waals surface area contributed by atoms with E-state index in [9.17, 15) is 22.8 Å². The van der Waals surface area contributed by atoms with Crippen LogP contribution in [0.4, 0.5) is 30.4 Å². The molecule has 4 rings (SSSR count). The Labute approximate surface area is 219 Å². The van der Waals surface area contributed by atoms with Crippen LogP contribution in [0.2, 0.25) is 0 Å². The third-order valence-electron chi connectivity index (χ3n) is 6.42. The van der Waals surface area contributed by atoms with E-state index in [1.807, 2.05) is 13.8 Å². The summed E-state index contributed by atoms with van der Waals surface area (Å²) in [6.45, 7) is 4.22. The van der Waals surface area contributed by atoms with E-state index in [2.05, 4.69) is 15.6 Å². The molecule has 1 aliphatic rings. The average Bonchev–Trinajstić information content (AvgIpc) is 3.28. The predicted octanol–water partition coefficient (Wildman–Crippen LogP) is 6.32. The van der Waals surface area contributed by atoms with Crippen molar-refractivity contribution in [1.29, 1.82) is 0 Å². The van der Waals surface area contributed by atoms with Crippen LogP contribution in [-0.2, 0) is 12.7 Å². The molecule has 0 fully saturated rings. The maximum atomic E-state index is 13.7. The molecule has 1 aromatic heterocycles. The largest absolute Gasteiger partial charge is 0.490 e. The van der Waals surface area contributed by atoms with E-state index in [-0.39, 0.29) is 34.8 Å². The molecule has 3 aromatic rings. The van der Waals surface area contributed by atoms with Gasteiger partial charge in [-0.1, -0.05) is 26.3 Å². The van der Waals surface area contributed by atoms with Crippen LogP contribution in [0, 0.1) is 0 Å². The zero-order valence-electron chi connectivity index (χ0n) is 21.4. The van der Waals surface area contributed by atoms with Gasteiger partial charge in [-0.15, -0.1) is 0 Å². The number of rotatable bonds is 9. The number of halogens is 3. The van der Waals surface area contributed by atoms with E-state index in [4.69, 9.17) is 4.74 Å². The summed E-state index contributed by atoms with van der Waals surface area (Å²) < 4.78 is 47.1. The lowest BCUT2D eigenvalue weighted by Crippen LogP contribution is -2.28. The van der Waals surface area contributed by atoms with E-state index >= 15 is 0 Å². The first-order valence-corrected chi connectivity index (χ1v) is 12.4. The number of carbonyl (C=O) groups excluding carboxylic acids is 2. The highest BCUT2D eigenvalue weighted by molar-refractivity contribution is 6.09. The first kappa shape index (κ1) is 27.0. The van der Waals surface area contributed by atoms with Crippen molar-refractivity contribution in [3.05, 3.63) is 77.0 Å². The number of carbonyl (C=O) groups is 2. The molecule has 7 nitrogen and oxygen atoms in total. The topological polar surface area (TPSA) is 83.6 Å². The van der Waals surface area contributed by atoms with Crippen molar-refractivity contribution in [2.45, 2.75) is 51.9 Å². The number of aromatic nitrogens is 1. The van der Waals surface area contributed by atoms with E-state index in [0.717, 1.165) is 29.0 Å². The molecule has 0 aliphatic carbocycles. The van der Waals surface area contributed by atoms with Gasteiger partial charge in [-0.3, -0.25) is 9.59 Å². The summed E-state index contributed by atoms with van der Waals surface area (Å²) in [6, 6.07) is 11.6. The zero-order chi connectivity index (χ0) is 27.4. The number of nitrogens with zero attached hydrogens (tertiary/aromatic N) is 2. The Bertz CT molecular complexity index is 1340. The van der Waals surface area contributed by atoms with Crippen molar-refractivity contribution in [2.75, 3.05) is 17.3 Å². The van der Waals surface area contributed by atoms with Crippen LogP contribution in [0.25, 0.3) is 0 Å². The molecule has 0 saturated carbocycles. The fraction of sp³-hybridized carbons (Fsp3) is 0.321. The molecule has 2 heterocycles. The van der Waals surface area contributed by atoms with Gasteiger partial charge in [0.1, 0.15) is 11.6 Å². The lowest BCUT2D eigenvalue weighted by Gasteiger charge is -2.23. The lowest BCUT2D eigenvalue weighted by molar-refractivity contribution is -0.137. The quantitative estimate of drug-likeness (QED) is 0.341. The van der Waals surface area contributed by atoms with Crippen LogP contribution in [-0.4, -0.2) is 29.9 Å². The van der Waals surface area contributed by atoms with Crippen LogP contribution in [0.5, 0.6) is 5.75 Å². The highest BCUT2D eigenvalue weighted by Crippen LogP contribution is 2.36. The molecular weight excluding hydrogens is 497 g/mol. The molecule has 200 valence electrons. The van der Waals surface area contributed by atoms with E-state index in [0.29, 0.717) is 30.6 Å². The number of nitrogens with one attached hydrogen (secondary N) is 2. The van der Waals surface area contributed by atoms with E-state index in [1.165, 1.54) is 19.3 Å². The number of anilines is 3. The minimum Gasteiger partial charge on any atom is -0.490 e. The second kappa shape index (κ2) is 11.1. The maximum Gasteiger partial charge on any atom is 0.416 e. The molecule has 2 aromatic carbocycles. The Balaban J connectivity index is 1.66. The standard InChI is InChI=1S/C28H29F3N4O3/c1-4-8-19(5-2)38-20-14-17(28(29,30)31)13-18(15-20)35(3)27(37)22-10-7-12-32-25(22)34-24-11-6-9-21-23(24)16-33-26(21)36/h6-7,9-15,19H,4-5,8,16H2,1-3H3,(H,32,34)(H,33,36)/t19-/m0/s1. The summed E-state index contributed by atoms with van der Waals surface area (Å²) in [5, 5.41) is 5.88. The third kappa shape index (κ3) is 5.74. The smallest absolute Gasteiger partial charge is 0.416 e. The molecule has 0 spiro atoms. The number of hydrogen-bond donors (Lipinski definition) is 2. The zero-order valence-corrected chi connectivity index (χ0v) is 21.4. The molecule has 10 heteroatoms.